The number of ether oxygens (including phenoxy) is 1. The second-order valence-corrected chi connectivity index (χ2v) is 6.29. The van der Waals surface area contributed by atoms with Crippen molar-refractivity contribution in [2.24, 2.45) is 0 Å². The van der Waals surface area contributed by atoms with Crippen molar-refractivity contribution in [3.8, 4) is 6.01 Å². The van der Waals surface area contributed by atoms with Gasteiger partial charge in [0.25, 0.3) is 5.69 Å². The van der Waals surface area contributed by atoms with Gasteiger partial charge in [-0.05, 0) is 35.7 Å². The molecule has 12 heteroatoms. The molecule has 1 heterocycles. The van der Waals surface area contributed by atoms with Gasteiger partial charge in [-0.15, -0.1) is 0 Å². The number of rotatable bonds is 7. The summed E-state index contributed by atoms with van der Waals surface area (Å²) in [6.45, 7) is -0.406. The molecule has 3 rings (SSSR count). The number of anilines is 1. The predicted octanol–water partition coefficient (Wildman–Crippen LogP) is 4.64. The molecule has 1 N–H and O–H groups in total. The van der Waals surface area contributed by atoms with Crippen molar-refractivity contribution < 1.29 is 27.2 Å². The van der Waals surface area contributed by atoms with E-state index in [1.54, 1.807) is 6.07 Å². The number of aromatic nitrogens is 2. The molecule has 0 aliphatic carbocycles. The molecule has 0 unspecified atom stereocenters. The lowest BCUT2D eigenvalue weighted by Crippen LogP contribution is -2.04. The SMILES string of the molecule is O=[N+]([O-])c1ccccc1SNc1nc(OCc2cc(F)c(F)c(F)c2)ncc1F. The van der Waals surface area contributed by atoms with Gasteiger partial charge >= 0.3 is 6.01 Å². The Balaban J connectivity index is 1.71. The summed E-state index contributed by atoms with van der Waals surface area (Å²) >= 11 is 0.753. The maximum absolute atomic E-state index is 13.9. The van der Waals surface area contributed by atoms with Crippen LogP contribution < -0.4 is 9.46 Å². The number of benzene rings is 2. The van der Waals surface area contributed by atoms with Crippen molar-refractivity contribution >= 4 is 23.5 Å². The van der Waals surface area contributed by atoms with Gasteiger partial charge in [-0.2, -0.15) is 4.98 Å². The van der Waals surface area contributed by atoms with Crippen LogP contribution in [0.2, 0.25) is 0 Å². The predicted molar refractivity (Wildman–Crippen MR) is 95.2 cm³/mol. The first kappa shape index (κ1) is 20.3. The Bertz CT molecular complexity index is 1050. The number of nitrogens with one attached hydrogen (secondary N) is 1. The van der Waals surface area contributed by atoms with Crippen LogP contribution in [0.1, 0.15) is 5.56 Å². The summed E-state index contributed by atoms with van der Waals surface area (Å²) in [6.07, 6.45) is 0.788. The van der Waals surface area contributed by atoms with E-state index in [2.05, 4.69) is 14.7 Å². The molecule has 2 aromatic carbocycles. The van der Waals surface area contributed by atoms with Crippen LogP contribution in [-0.2, 0) is 6.61 Å². The smallest absolute Gasteiger partial charge is 0.318 e. The molecule has 0 aliphatic rings. The molecule has 7 nitrogen and oxygen atoms in total. The van der Waals surface area contributed by atoms with E-state index in [9.17, 15) is 27.7 Å². The molecule has 0 amide bonds. The molecule has 150 valence electrons. The Morgan fingerprint density at radius 2 is 1.79 bits per heavy atom. The second kappa shape index (κ2) is 8.73. The van der Waals surface area contributed by atoms with Gasteiger partial charge in [0, 0.05) is 6.07 Å². The van der Waals surface area contributed by atoms with Gasteiger partial charge in [0.1, 0.15) is 11.5 Å². The highest BCUT2D eigenvalue weighted by Crippen LogP contribution is 2.30. The molecule has 0 saturated carbocycles. The molecule has 0 fully saturated rings. The second-order valence-electron chi connectivity index (χ2n) is 5.44. The van der Waals surface area contributed by atoms with E-state index in [1.807, 2.05) is 0 Å². The molecule has 1 aromatic heterocycles. The third kappa shape index (κ3) is 4.90. The summed E-state index contributed by atoms with van der Waals surface area (Å²) in [7, 11) is 0. The van der Waals surface area contributed by atoms with Gasteiger partial charge in [-0.1, -0.05) is 12.1 Å². The van der Waals surface area contributed by atoms with Crippen LogP contribution in [0.25, 0.3) is 0 Å². The fraction of sp³-hybridized carbons (Fsp3) is 0.0588. The van der Waals surface area contributed by atoms with Crippen molar-refractivity contribution in [1.29, 1.82) is 0 Å². The summed E-state index contributed by atoms with van der Waals surface area (Å²) in [5, 5.41) is 11.0. The molecular weight excluding hydrogens is 416 g/mol. The molecule has 0 aliphatic heterocycles. The van der Waals surface area contributed by atoms with E-state index in [-0.39, 0.29) is 28.0 Å². The fourth-order valence-corrected chi connectivity index (χ4v) is 2.87. The van der Waals surface area contributed by atoms with Crippen molar-refractivity contribution in [1.82, 2.24) is 9.97 Å². The summed E-state index contributed by atoms with van der Waals surface area (Å²) in [5.41, 5.74) is -0.213. The topological polar surface area (TPSA) is 90.2 Å². The minimum atomic E-state index is -1.61. The quantitative estimate of drug-likeness (QED) is 0.194. The molecule has 29 heavy (non-hydrogen) atoms. The Labute approximate surface area is 165 Å². The van der Waals surface area contributed by atoms with Crippen LogP contribution in [-0.4, -0.2) is 14.9 Å². The van der Waals surface area contributed by atoms with Crippen LogP contribution in [0.4, 0.5) is 29.1 Å². The lowest BCUT2D eigenvalue weighted by Gasteiger charge is -2.09. The van der Waals surface area contributed by atoms with Gasteiger partial charge in [0.05, 0.1) is 11.1 Å². The molecular formula is C17H10F4N4O3S. The van der Waals surface area contributed by atoms with E-state index in [1.165, 1.54) is 18.2 Å². The average Bonchev–Trinajstić information content (AvgIpc) is 2.70. The Kier molecular flexibility index (Phi) is 6.12. The Morgan fingerprint density at radius 1 is 1.10 bits per heavy atom. The zero-order chi connectivity index (χ0) is 21.0. The number of hydrogen-bond donors (Lipinski definition) is 1. The van der Waals surface area contributed by atoms with Gasteiger partial charge in [0.15, 0.2) is 29.1 Å². The van der Waals surface area contributed by atoms with E-state index in [0.717, 1.165) is 30.3 Å². The number of halogens is 4. The van der Waals surface area contributed by atoms with Crippen molar-refractivity contribution in [3.05, 3.63) is 81.5 Å². The van der Waals surface area contributed by atoms with Crippen LogP contribution in [0, 0.1) is 33.4 Å². The minimum Gasteiger partial charge on any atom is -0.459 e. The third-order valence-corrected chi connectivity index (χ3v) is 4.31. The highest BCUT2D eigenvalue weighted by atomic mass is 32.2. The lowest BCUT2D eigenvalue weighted by molar-refractivity contribution is -0.387. The van der Waals surface area contributed by atoms with Crippen LogP contribution in [0.15, 0.2) is 47.5 Å². The first-order valence-corrected chi connectivity index (χ1v) is 8.62. The zero-order valence-electron chi connectivity index (χ0n) is 14.2. The van der Waals surface area contributed by atoms with Crippen LogP contribution in [0.3, 0.4) is 0 Å². The maximum atomic E-state index is 13.9. The molecule has 0 bridgehead atoms. The van der Waals surface area contributed by atoms with E-state index < -0.39 is 34.8 Å². The standard InChI is InChI=1S/C17H10F4N4O3S/c18-10-5-9(6-11(19)15(10)21)8-28-17-22-7-12(20)16(23-17)24-29-14-4-2-1-3-13(14)25(26)27/h1-7H,8H2,(H,22,23,24). The van der Waals surface area contributed by atoms with E-state index in [4.69, 9.17) is 4.74 Å². The van der Waals surface area contributed by atoms with Crippen LogP contribution >= 0.6 is 11.9 Å². The highest BCUT2D eigenvalue weighted by Gasteiger charge is 2.16. The monoisotopic (exact) mass is 426 g/mol. The summed E-state index contributed by atoms with van der Waals surface area (Å²) < 4.78 is 61.0. The normalized spacial score (nSPS) is 10.6. The zero-order valence-corrected chi connectivity index (χ0v) is 15.1. The number of para-hydroxylation sites is 1. The average molecular weight is 426 g/mol. The summed E-state index contributed by atoms with van der Waals surface area (Å²) in [5.74, 6) is -5.55. The molecule has 0 spiro atoms. The Morgan fingerprint density at radius 3 is 2.48 bits per heavy atom. The summed E-state index contributed by atoms with van der Waals surface area (Å²) in [4.78, 5) is 18.0. The highest BCUT2D eigenvalue weighted by molar-refractivity contribution is 8.00. The molecule has 3 aromatic rings. The Hall–Kier alpha value is -3.41. The largest absolute Gasteiger partial charge is 0.459 e. The van der Waals surface area contributed by atoms with Crippen molar-refractivity contribution in [2.75, 3.05) is 4.72 Å². The number of nitro groups is 1. The maximum Gasteiger partial charge on any atom is 0.318 e. The third-order valence-electron chi connectivity index (χ3n) is 3.45. The number of nitro benzene ring substituents is 1. The van der Waals surface area contributed by atoms with Gasteiger partial charge in [-0.25, -0.2) is 22.5 Å². The molecule has 0 radical (unpaired) electrons. The summed E-state index contributed by atoms with van der Waals surface area (Å²) in [6, 6.07) is 6.96. The number of nitrogens with zero attached hydrogens (tertiary/aromatic N) is 3. The molecule has 0 atom stereocenters. The molecule has 0 saturated heterocycles. The van der Waals surface area contributed by atoms with Gasteiger partial charge in [0.2, 0.25) is 0 Å². The minimum absolute atomic E-state index is 0.0295. The van der Waals surface area contributed by atoms with Gasteiger partial charge in [-0.3, -0.25) is 10.1 Å². The van der Waals surface area contributed by atoms with Crippen molar-refractivity contribution in [3.63, 3.8) is 0 Å². The van der Waals surface area contributed by atoms with E-state index in [0.29, 0.717) is 0 Å². The fourth-order valence-electron chi connectivity index (χ4n) is 2.13. The first-order valence-electron chi connectivity index (χ1n) is 7.80. The lowest BCUT2D eigenvalue weighted by atomic mass is 10.2. The number of hydrogen-bond acceptors (Lipinski definition) is 7. The van der Waals surface area contributed by atoms with Crippen LogP contribution in [0.5, 0.6) is 6.01 Å². The van der Waals surface area contributed by atoms with Crippen molar-refractivity contribution in [2.45, 2.75) is 11.5 Å². The van der Waals surface area contributed by atoms with Gasteiger partial charge < -0.3 is 9.46 Å². The van der Waals surface area contributed by atoms with E-state index >= 15 is 0 Å². The first-order chi connectivity index (χ1) is 13.8.